The smallest absolute Gasteiger partial charge is 0.425 e. The molecule has 3 aromatic rings. The molecule has 0 saturated heterocycles. The van der Waals surface area contributed by atoms with E-state index in [0.717, 1.165) is 22.5 Å². The van der Waals surface area contributed by atoms with Crippen molar-refractivity contribution < 1.29 is 10.0 Å². The molecule has 3 nitrogen and oxygen atoms in total. The quantitative estimate of drug-likeness (QED) is 0.647. The van der Waals surface area contributed by atoms with Gasteiger partial charge in [-0.15, -0.1) is 0 Å². The SMILES string of the molecule is OB(O)C1(N(c2ccccc2)c2ccccc2)C=CC(c2ccccc2)=CC1. The van der Waals surface area contributed by atoms with Crippen molar-refractivity contribution in [1.82, 2.24) is 0 Å². The van der Waals surface area contributed by atoms with Crippen LogP contribution < -0.4 is 4.90 Å². The standard InChI is InChI=1S/C24H22BNO2/c27-25(28)24(18-16-21(17-19-24)20-10-4-1-5-11-20)26(22-12-6-2-7-13-22)23-14-8-3-9-15-23/h1-18,27-28H,19H2. The number of anilines is 2. The van der Waals surface area contributed by atoms with Crippen LogP contribution in [-0.2, 0) is 0 Å². The number of hydrogen-bond acceptors (Lipinski definition) is 3. The van der Waals surface area contributed by atoms with Gasteiger partial charge in [0.2, 0.25) is 0 Å². The summed E-state index contributed by atoms with van der Waals surface area (Å²) in [5, 5.41) is 21.0. The maximum absolute atomic E-state index is 10.5. The minimum absolute atomic E-state index is 0.467. The number of nitrogens with zero attached hydrogens (tertiary/aromatic N) is 1. The molecule has 0 aromatic heterocycles. The van der Waals surface area contributed by atoms with E-state index >= 15 is 0 Å². The van der Waals surface area contributed by atoms with Crippen LogP contribution in [0.25, 0.3) is 5.57 Å². The van der Waals surface area contributed by atoms with Crippen molar-refractivity contribution >= 4 is 24.1 Å². The van der Waals surface area contributed by atoms with E-state index in [-0.39, 0.29) is 0 Å². The average Bonchev–Trinajstić information content (AvgIpc) is 2.76. The Morgan fingerprint density at radius 1 is 0.714 bits per heavy atom. The zero-order valence-corrected chi connectivity index (χ0v) is 15.5. The van der Waals surface area contributed by atoms with Gasteiger partial charge in [-0.05, 0) is 41.8 Å². The van der Waals surface area contributed by atoms with Crippen LogP contribution in [0.2, 0.25) is 0 Å². The Morgan fingerprint density at radius 2 is 1.21 bits per heavy atom. The molecule has 0 bridgehead atoms. The van der Waals surface area contributed by atoms with E-state index in [4.69, 9.17) is 0 Å². The van der Waals surface area contributed by atoms with E-state index in [9.17, 15) is 10.0 Å². The summed E-state index contributed by atoms with van der Waals surface area (Å²) in [6.45, 7) is 0. The van der Waals surface area contributed by atoms with Gasteiger partial charge in [0.25, 0.3) is 0 Å². The summed E-state index contributed by atoms with van der Waals surface area (Å²) in [6, 6.07) is 29.8. The van der Waals surface area contributed by atoms with Crippen LogP contribution in [0.3, 0.4) is 0 Å². The molecular formula is C24H22BNO2. The van der Waals surface area contributed by atoms with Gasteiger partial charge in [0.15, 0.2) is 0 Å². The molecule has 2 N–H and O–H groups in total. The molecular weight excluding hydrogens is 345 g/mol. The Hall–Kier alpha value is -3.08. The maximum atomic E-state index is 10.5. The highest BCUT2D eigenvalue weighted by Crippen LogP contribution is 2.40. The number of rotatable bonds is 5. The largest absolute Gasteiger partial charge is 0.483 e. The van der Waals surface area contributed by atoms with Crippen LogP contribution in [0.5, 0.6) is 0 Å². The second-order valence-electron chi connectivity index (χ2n) is 6.93. The van der Waals surface area contributed by atoms with E-state index in [0.29, 0.717) is 6.42 Å². The van der Waals surface area contributed by atoms with E-state index < -0.39 is 12.6 Å². The van der Waals surface area contributed by atoms with Gasteiger partial charge in [0.1, 0.15) is 5.44 Å². The molecule has 0 radical (unpaired) electrons. The minimum atomic E-state index is -1.56. The molecule has 1 aliphatic rings. The van der Waals surface area contributed by atoms with Gasteiger partial charge in [-0.3, -0.25) is 0 Å². The number of benzene rings is 3. The van der Waals surface area contributed by atoms with Crippen molar-refractivity contribution in [1.29, 1.82) is 0 Å². The number of hydrogen-bond donors (Lipinski definition) is 2. The third kappa shape index (κ3) is 3.40. The fraction of sp³-hybridized carbons (Fsp3) is 0.0833. The normalized spacial score (nSPS) is 18.4. The molecule has 138 valence electrons. The number of allylic oxidation sites excluding steroid dienone is 2. The predicted molar refractivity (Wildman–Crippen MR) is 116 cm³/mol. The Balaban J connectivity index is 1.79. The van der Waals surface area contributed by atoms with Crippen LogP contribution in [0, 0.1) is 0 Å². The lowest BCUT2D eigenvalue weighted by molar-refractivity contribution is 0.362. The summed E-state index contributed by atoms with van der Waals surface area (Å²) >= 11 is 0. The van der Waals surface area contributed by atoms with E-state index in [1.807, 2.05) is 95.9 Å². The summed E-state index contributed by atoms with van der Waals surface area (Å²) in [5.74, 6) is 0. The van der Waals surface area contributed by atoms with Crippen LogP contribution in [0.1, 0.15) is 12.0 Å². The Morgan fingerprint density at radius 3 is 1.64 bits per heavy atom. The zero-order chi connectivity index (χ0) is 19.4. The minimum Gasteiger partial charge on any atom is -0.425 e. The van der Waals surface area contributed by atoms with Gasteiger partial charge in [0.05, 0.1) is 0 Å². The first kappa shape index (κ1) is 18.3. The molecule has 3 aromatic carbocycles. The van der Waals surface area contributed by atoms with Crippen molar-refractivity contribution in [3.05, 3.63) is 115 Å². The molecule has 0 amide bonds. The third-order valence-corrected chi connectivity index (χ3v) is 5.20. The van der Waals surface area contributed by atoms with Crippen molar-refractivity contribution in [2.75, 3.05) is 4.90 Å². The van der Waals surface area contributed by atoms with Crippen LogP contribution >= 0.6 is 0 Å². The summed E-state index contributed by atoms with van der Waals surface area (Å²) in [5.41, 5.74) is 3.01. The molecule has 1 unspecified atom stereocenters. The van der Waals surface area contributed by atoms with Crippen LogP contribution in [-0.4, -0.2) is 22.6 Å². The topological polar surface area (TPSA) is 43.7 Å². The fourth-order valence-electron chi connectivity index (χ4n) is 3.74. The molecule has 0 aliphatic heterocycles. The van der Waals surface area contributed by atoms with E-state index in [2.05, 4.69) is 18.2 Å². The number of para-hydroxylation sites is 2. The lowest BCUT2D eigenvalue weighted by Gasteiger charge is -2.44. The fourth-order valence-corrected chi connectivity index (χ4v) is 3.74. The van der Waals surface area contributed by atoms with Gasteiger partial charge in [-0.1, -0.05) is 85.0 Å². The lowest BCUT2D eigenvalue weighted by Crippen LogP contribution is -2.57. The van der Waals surface area contributed by atoms with Crippen LogP contribution in [0.15, 0.2) is 109 Å². The summed E-state index contributed by atoms with van der Waals surface area (Å²) in [4.78, 5) is 2.01. The van der Waals surface area contributed by atoms with Gasteiger partial charge in [-0.2, -0.15) is 0 Å². The molecule has 4 heteroatoms. The van der Waals surface area contributed by atoms with Gasteiger partial charge < -0.3 is 14.9 Å². The Labute approximate surface area is 166 Å². The molecule has 0 saturated carbocycles. The molecule has 28 heavy (non-hydrogen) atoms. The summed E-state index contributed by atoms with van der Waals surface area (Å²) in [7, 11) is -1.56. The van der Waals surface area contributed by atoms with Gasteiger partial charge >= 0.3 is 7.12 Å². The van der Waals surface area contributed by atoms with Crippen molar-refractivity contribution in [3.63, 3.8) is 0 Å². The second-order valence-corrected chi connectivity index (χ2v) is 6.93. The zero-order valence-electron chi connectivity index (χ0n) is 15.5. The lowest BCUT2D eigenvalue weighted by atomic mass is 9.59. The Kier molecular flexibility index (Phi) is 5.15. The highest BCUT2D eigenvalue weighted by Gasteiger charge is 2.46. The van der Waals surface area contributed by atoms with Crippen molar-refractivity contribution in [2.24, 2.45) is 0 Å². The summed E-state index contributed by atoms with van der Waals surface area (Å²) < 4.78 is 0. The monoisotopic (exact) mass is 367 g/mol. The van der Waals surface area contributed by atoms with Crippen molar-refractivity contribution in [3.8, 4) is 0 Å². The van der Waals surface area contributed by atoms with Crippen molar-refractivity contribution in [2.45, 2.75) is 11.9 Å². The third-order valence-electron chi connectivity index (χ3n) is 5.20. The maximum Gasteiger partial charge on any atom is 0.483 e. The van der Waals surface area contributed by atoms with Crippen LogP contribution in [0.4, 0.5) is 11.4 Å². The van der Waals surface area contributed by atoms with E-state index in [1.165, 1.54) is 0 Å². The molecule has 0 heterocycles. The highest BCUT2D eigenvalue weighted by molar-refractivity contribution is 6.48. The first-order valence-corrected chi connectivity index (χ1v) is 9.42. The molecule has 1 aliphatic carbocycles. The molecule has 4 rings (SSSR count). The van der Waals surface area contributed by atoms with E-state index in [1.54, 1.807) is 0 Å². The highest BCUT2D eigenvalue weighted by atomic mass is 16.4. The first-order valence-electron chi connectivity index (χ1n) is 9.42. The molecule has 1 atom stereocenters. The first-order chi connectivity index (χ1) is 13.7. The van der Waals surface area contributed by atoms with Gasteiger partial charge in [0, 0.05) is 11.4 Å². The molecule has 0 fully saturated rings. The summed E-state index contributed by atoms with van der Waals surface area (Å²) in [6.07, 6.45) is 6.44. The average molecular weight is 367 g/mol. The Bertz CT molecular complexity index is 932. The second kappa shape index (κ2) is 7.89. The predicted octanol–water partition coefficient (Wildman–Crippen LogP) is 4.62. The molecule has 0 spiro atoms. The van der Waals surface area contributed by atoms with Gasteiger partial charge in [-0.25, -0.2) is 0 Å².